The summed E-state index contributed by atoms with van der Waals surface area (Å²) in [4.78, 5) is 35.4. The van der Waals surface area contributed by atoms with Gasteiger partial charge in [-0.2, -0.15) is 0 Å². The highest BCUT2D eigenvalue weighted by Gasteiger charge is 2.36. The number of aromatic nitrogens is 2. The maximum Gasteiger partial charge on any atom is 0.341 e. The Kier molecular flexibility index (Phi) is 4.97. The van der Waals surface area contributed by atoms with Crippen molar-refractivity contribution < 1.29 is 19.1 Å². The zero-order chi connectivity index (χ0) is 21.6. The van der Waals surface area contributed by atoms with Gasteiger partial charge in [-0.25, -0.2) is 14.2 Å². The Balaban J connectivity index is 1.79. The largest absolute Gasteiger partial charge is 0.477 e. The molecule has 1 saturated carbocycles. The normalized spacial score (nSPS) is 23.2. The van der Waals surface area contributed by atoms with Gasteiger partial charge >= 0.3 is 5.97 Å². The van der Waals surface area contributed by atoms with E-state index in [1.54, 1.807) is 16.4 Å². The van der Waals surface area contributed by atoms with E-state index in [0.717, 1.165) is 18.9 Å². The highest BCUT2D eigenvalue weighted by Crippen LogP contribution is 2.37. The van der Waals surface area contributed by atoms with Crippen LogP contribution in [0.1, 0.15) is 49.5 Å². The number of hydrogen-bond donors (Lipinski definition) is 2. The van der Waals surface area contributed by atoms with Crippen LogP contribution in [0.15, 0.2) is 22.2 Å². The predicted molar refractivity (Wildman–Crippen MR) is 110 cm³/mol. The molecule has 1 aliphatic heterocycles. The second-order valence-corrected chi connectivity index (χ2v) is 8.03. The number of rotatable bonds is 5. The van der Waals surface area contributed by atoms with Crippen molar-refractivity contribution >= 4 is 28.5 Å². The summed E-state index contributed by atoms with van der Waals surface area (Å²) in [6, 6.07) is 1.14. The standard InChI is InChI=1S/C20H24FN5O4/c1-3-30-24-15-6-7-25(10-20(15,2)22)18-14(21)8-12-16(27)13(19(28)29)9-26(11-4-5-11)17(12)23-18/h8-9,11H,3-7,10,22H2,1-2H3,(H,28,29)/b24-15-. The molecule has 2 fully saturated rings. The second kappa shape index (κ2) is 7.35. The van der Waals surface area contributed by atoms with E-state index in [2.05, 4.69) is 10.1 Å². The Morgan fingerprint density at radius 2 is 2.23 bits per heavy atom. The number of carbonyl (C=O) groups is 1. The average Bonchev–Trinajstić information content (AvgIpc) is 3.51. The summed E-state index contributed by atoms with van der Waals surface area (Å²) in [5.74, 6) is -1.94. The van der Waals surface area contributed by atoms with Crippen LogP contribution in [-0.4, -0.2) is 51.6 Å². The number of aromatic carboxylic acids is 1. The summed E-state index contributed by atoms with van der Waals surface area (Å²) in [5.41, 5.74) is 5.43. The fraction of sp³-hybridized carbons (Fsp3) is 0.500. The van der Waals surface area contributed by atoms with E-state index in [9.17, 15) is 14.7 Å². The Labute approximate surface area is 171 Å². The molecule has 1 unspecified atom stereocenters. The van der Waals surface area contributed by atoms with Crippen LogP contribution in [0.4, 0.5) is 10.2 Å². The van der Waals surface area contributed by atoms with Gasteiger partial charge in [0.2, 0.25) is 5.43 Å². The third-order valence-corrected chi connectivity index (χ3v) is 5.51. The summed E-state index contributed by atoms with van der Waals surface area (Å²) < 4.78 is 16.7. The molecule has 0 bridgehead atoms. The number of halogens is 1. The average molecular weight is 417 g/mol. The van der Waals surface area contributed by atoms with Gasteiger partial charge in [-0.3, -0.25) is 4.79 Å². The molecular formula is C20H24FN5O4. The minimum absolute atomic E-state index is 0.0332. The van der Waals surface area contributed by atoms with Gasteiger partial charge in [-0.1, -0.05) is 5.16 Å². The van der Waals surface area contributed by atoms with Crippen LogP contribution in [0.2, 0.25) is 0 Å². The summed E-state index contributed by atoms with van der Waals surface area (Å²) in [5, 5.41) is 13.4. The molecular weight excluding hydrogens is 393 g/mol. The number of pyridine rings is 2. The molecule has 1 saturated heterocycles. The highest BCUT2D eigenvalue weighted by molar-refractivity contribution is 5.95. The predicted octanol–water partition coefficient (Wildman–Crippen LogP) is 1.89. The number of carboxylic acid groups (broad SMARTS) is 1. The van der Waals surface area contributed by atoms with Gasteiger partial charge in [0.15, 0.2) is 11.6 Å². The first-order valence-corrected chi connectivity index (χ1v) is 9.94. The number of nitrogens with two attached hydrogens (primary N) is 1. The topological polar surface area (TPSA) is 123 Å². The molecule has 0 spiro atoms. The molecule has 1 atom stereocenters. The van der Waals surface area contributed by atoms with Crippen molar-refractivity contribution in [1.82, 2.24) is 9.55 Å². The third kappa shape index (κ3) is 3.51. The van der Waals surface area contributed by atoms with Crippen molar-refractivity contribution in [3.63, 3.8) is 0 Å². The Morgan fingerprint density at radius 3 is 2.83 bits per heavy atom. The number of anilines is 1. The maximum absolute atomic E-state index is 15.0. The summed E-state index contributed by atoms with van der Waals surface area (Å²) in [6.45, 7) is 4.77. The molecule has 1 aliphatic carbocycles. The van der Waals surface area contributed by atoms with Gasteiger partial charge in [0.05, 0.1) is 16.6 Å². The lowest BCUT2D eigenvalue weighted by Crippen LogP contribution is -2.59. The van der Waals surface area contributed by atoms with Crippen LogP contribution < -0.4 is 16.1 Å². The molecule has 9 nitrogen and oxygen atoms in total. The molecule has 3 N–H and O–H groups in total. The lowest BCUT2D eigenvalue weighted by atomic mass is 9.90. The summed E-state index contributed by atoms with van der Waals surface area (Å²) >= 11 is 0. The SMILES string of the molecule is CCO/N=C1/CCN(c2nc3c(cc2F)c(=O)c(C(=O)O)cn3C2CC2)CC1(C)N. The van der Waals surface area contributed by atoms with Crippen LogP contribution >= 0.6 is 0 Å². The second-order valence-electron chi connectivity index (χ2n) is 8.03. The van der Waals surface area contributed by atoms with Crippen LogP contribution in [0, 0.1) is 5.82 Å². The first kappa shape index (κ1) is 20.3. The van der Waals surface area contributed by atoms with Crippen LogP contribution in [0.3, 0.4) is 0 Å². The molecule has 0 aromatic carbocycles. The lowest BCUT2D eigenvalue weighted by Gasteiger charge is -2.39. The zero-order valence-corrected chi connectivity index (χ0v) is 16.9. The van der Waals surface area contributed by atoms with E-state index < -0.39 is 22.8 Å². The molecule has 0 amide bonds. The molecule has 2 aromatic heterocycles. The Hall–Kier alpha value is -3.01. The smallest absolute Gasteiger partial charge is 0.341 e. The number of carboxylic acids is 1. The Morgan fingerprint density at radius 1 is 1.50 bits per heavy atom. The highest BCUT2D eigenvalue weighted by atomic mass is 19.1. The molecule has 4 rings (SSSR count). The van der Waals surface area contributed by atoms with Crippen molar-refractivity contribution in [2.75, 3.05) is 24.6 Å². The molecule has 0 radical (unpaired) electrons. The molecule has 2 aromatic rings. The van der Waals surface area contributed by atoms with Crippen LogP contribution in [0.25, 0.3) is 11.0 Å². The fourth-order valence-electron chi connectivity index (χ4n) is 3.81. The van der Waals surface area contributed by atoms with Gasteiger partial charge in [0.1, 0.15) is 17.8 Å². The van der Waals surface area contributed by atoms with Crippen LogP contribution in [-0.2, 0) is 4.84 Å². The van der Waals surface area contributed by atoms with Gasteiger partial charge in [0.25, 0.3) is 0 Å². The van der Waals surface area contributed by atoms with E-state index in [0.29, 0.717) is 25.3 Å². The van der Waals surface area contributed by atoms with Gasteiger partial charge < -0.3 is 25.1 Å². The minimum atomic E-state index is -1.34. The van der Waals surface area contributed by atoms with Gasteiger partial charge in [0, 0.05) is 31.7 Å². The zero-order valence-electron chi connectivity index (χ0n) is 16.9. The summed E-state index contributed by atoms with van der Waals surface area (Å²) in [6.07, 6.45) is 3.51. The fourth-order valence-corrected chi connectivity index (χ4v) is 3.81. The quantitative estimate of drug-likeness (QED) is 0.712. The molecule has 2 aliphatic rings. The summed E-state index contributed by atoms with van der Waals surface area (Å²) in [7, 11) is 0. The van der Waals surface area contributed by atoms with Gasteiger partial charge in [-0.15, -0.1) is 0 Å². The Bertz CT molecular complexity index is 1110. The molecule has 10 heteroatoms. The van der Waals surface area contributed by atoms with E-state index in [4.69, 9.17) is 10.6 Å². The van der Waals surface area contributed by atoms with Crippen molar-refractivity contribution in [3.8, 4) is 0 Å². The minimum Gasteiger partial charge on any atom is -0.477 e. The molecule has 3 heterocycles. The van der Waals surface area contributed by atoms with Crippen molar-refractivity contribution in [2.45, 2.75) is 44.7 Å². The first-order valence-electron chi connectivity index (χ1n) is 9.94. The van der Waals surface area contributed by atoms with Crippen molar-refractivity contribution in [3.05, 3.63) is 33.9 Å². The lowest BCUT2D eigenvalue weighted by molar-refractivity contribution is 0.0695. The van der Waals surface area contributed by atoms with Gasteiger partial charge in [-0.05, 0) is 32.8 Å². The number of oxime groups is 1. The monoisotopic (exact) mass is 417 g/mol. The van der Waals surface area contributed by atoms with Crippen molar-refractivity contribution in [2.24, 2.45) is 10.9 Å². The number of hydrogen-bond acceptors (Lipinski definition) is 7. The van der Waals surface area contributed by atoms with E-state index in [1.165, 1.54) is 6.20 Å². The number of piperidine rings is 1. The first-order chi connectivity index (χ1) is 14.2. The van der Waals surface area contributed by atoms with Crippen molar-refractivity contribution in [1.29, 1.82) is 0 Å². The number of nitrogens with zero attached hydrogens (tertiary/aromatic N) is 4. The third-order valence-electron chi connectivity index (χ3n) is 5.51. The van der Waals surface area contributed by atoms with Crippen LogP contribution in [0.5, 0.6) is 0 Å². The molecule has 30 heavy (non-hydrogen) atoms. The maximum atomic E-state index is 15.0. The molecule has 160 valence electrons. The number of fused-ring (bicyclic) bond motifs is 1. The van der Waals surface area contributed by atoms with E-state index in [1.807, 2.05) is 6.92 Å². The van der Waals surface area contributed by atoms with E-state index >= 15 is 4.39 Å². The van der Waals surface area contributed by atoms with E-state index in [-0.39, 0.29) is 35.0 Å².